The molecule has 0 spiro atoms. The fourth-order valence-corrected chi connectivity index (χ4v) is 3.98. The third-order valence-corrected chi connectivity index (χ3v) is 4.86. The minimum atomic E-state index is -3.33. The van der Waals surface area contributed by atoms with Crippen LogP contribution in [0.4, 0.5) is 0 Å². The van der Waals surface area contributed by atoms with Gasteiger partial charge in [0.25, 0.3) is 0 Å². The van der Waals surface area contributed by atoms with Gasteiger partial charge in [-0.15, -0.1) is 0 Å². The van der Waals surface area contributed by atoms with Crippen LogP contribution in [0, 0.1) is 17.2 Å². The third kappa shape index (κ3) is 4.05. The first-order chi connectivity index (χ1) is 8.98. The molecule has 0 amide bonds. The Kier molecular flexibility index (Phi) is 4.23. The molecule has 2 unspecified atom stereocenters. The van der Waals surface area contributed by atoms with Gasteiger partial charge in [-0.25, -0.2) is 13.1 Å². The minimum Gasteiger partial charge on any atom is -0.212 e. The zero-order valence-corrected chi connectivity index (χ0v) is 11.8. The molecule has 1 aliphatic rings. The summed E-state index contributed by atoms with van der Waals surface area (Å²) in [4.78, 5) is 0. The summed E-state index contributed by atoms with van der Waals surface area (Å²) in [6.07, 6.45) is 2.91. The number of nitriles is 1. The molecule has 1 aromatic carbocycles. The van der Waals surface area contributed by atoms with E-state index in [-0.39, 0.29) is 11.8 Å². The molecule has 0 heterocycles. The van der Waals surface area contributed by atoms with Gasteiger partial charge in [0.15, 0.2) is 0 Å². The van der Waals surface area contributed by atoms with E-state index < -0.39 is 10.0 Å². The minimum absolute atomic E-state index is 0.0621. The van der Waals surface area contributed by atoms with Gasteiger partial charge in [0, 0.05) is 6.04 Å². The van der Waals surface area contributed by atoms with E-state index >= 15 is 0 Å². The van der Waals surface area contributed by atoms with Gasteiger partial charge in [-0.1, -0.05) is 19.1 Å². The second-order valence-electron chi connectivity index (χ2n) is 5.30. The Hall–Kier alpha value is -1.38. The van der Waals surface area contributed by atoms with Crippen LogP contribution in [-0.4, -0.2) is 14.5 Å². The van der Waals surface area contributed by atoms with E-state index in [1.807, 2.05) is 6.07 Å². The lowest BCUT2D eigenvalue weighted by molar-refractivity contribution is 0.538. The summed E-state index contributed by atoms with van der Waals surface area (Å²) in [6.45, 7) is 2.14. The summed E-state index contributed by atoms with van der Waals surface area (Å²) in [5.41, 5.74) is 1.14. The van der Waals surface area contributed by atoms with Gasteiger partial charge in [0.2, 0.25) is 10.0 Å². The Balaban J connectivity index is 2.02. The van der Waals surface area contributed by atoms with Gasteiger partial charge >= 0.3 is 0 Å². The topological polar surface area (TPSA) is 70.0 Å². The second kappa shape index (κ2) is 5.72. The van der Waals surface area contributed by atoms with Crippen LogP contribution in [0.1, 0.15) is 37.3 Å². The molecule has 1 N–H and O–H groups in total. The number of hydrogen-bond donors (Lipinski definition) is 1. The molecule has 4 nitrogen and oxygen atoms in total. The van der Waals surface area contributed by atoms with Crippen LogP contribution in [0.25, 0.3) is 0 Å². The average molecular weight is 278 g/mol. The standard InChI is InChI=1S/C14H18N2O2S/c1-11-5-6-14(7-11)16-19(17,18)10-13-4-2-3-12(8-13)9-15/h2-4,8,11,14,16H,5-7,10H2,1H3. The SMILES string of the molecule is CC1CCC(NS(=O)(=O)Cc2cccc(C#N)c2)C1. The molecule has 0 bridgehead atoms. The Morgan fingerprint density at radius 2 is 2.21 bits per heavy atom. The van der Waals surface area contributed by atoms with Crippen molar-refractivity contribution in [1.29, 1.82) is 5.26 Å². The highest BCUT2D eigenvalue weighted by Gasteiger charge is 2.25. The highest BCUT2D eigenvalue weighted by molar-refractivity contribution is 7.88. The van der Waals surface area contributed by atoms with E-state index in [0.29, 0.717) is 17.0 Å². The normalized spacial score (nSPS) is 23.2. The van der Waals surface area contributed by atoms with E-state index in [9.17, 15) is 8.42 Å². The molecule has 2 rings (SSSR count). The molecule has 1 fully saturated rings. The van der Waals surface area contributed by atoms with Crippen LogP contribution in [0.2, 0.25) is 0 Å². The summed E-state index contributed by atoms with van der Waals surface area (Å²) in [5.74, 6) is 0.530. The molecule has 0 radical (unpaired) electrons. The van der Waals surface area contributed by atoms with E-state index in [2.05, 4.69) is 11.6 Å². The molecule has 102 valence electrons. The van der Waals surface area contributed by atoms with Crippen molar-refractivity contribution >= 4 is 10.0 Å². The van der Waals surface area contributed by atoms with E-state index in [1.165, 1.54) is 0 Å². The number of benzene rings is 1. The maximum absolute atomic E-state index is 12.1. The molecular weight excluding hydrogens is 260 g/mol. The Bertz CT molecular complexity index is 590. The summed E-state index contributed by atoms with van der Waals surface area (Å²) in [7, 11) is -3.33. The van der Waals surface area contributed by atoms with Gasteiger partial charge in [-0.05, 0) is 42.9 Å². The number of rotatable bonds is 4. The van der Waals surface area contributed by atoms with Crippen LogP contribution in [0.15, 0.2) is 24.3 Å². The van der Waals surface area contributed by atoms with Gasteiger partial charge in [0.1, 0.15) is 0 Å². The van der Waals surface area contributed by atoms with Crippen molar-refractivity contribution in [2.75, 3.05) is 0 Å². The Labute approximate surface area is 114 Å². The van der Waals surface area contributed by atoms with Crippen LogP contribution < -0.4 is 4.72 Å². The predicted octanol–water partition coefficient (Wildman–Crippen LogP) is 2.17. The van der Waals surface area contributed by atoms with Crippen molar-refractivity contribution in [3.63, 3.8) is 0 Å². The number of hydrogen-bond acceptors (Lipinski definition) is 3. The van der Waals surface area contributed by atoms with Gasteiger partial charge < -0.3 is 0 Å². The van der Waals surface area contributed by atoms with Crippen LogP contribution in [-0.2, 0) is 15.8 Å². The van der Waals surface area contributed by atoms with E-state index in [1.54, 1.807) is 24.3 Å². The molecule has 2 atom stereocenters. The first kappa shape index (κ1) is 14.0. The Morgan fingerprint density at radius 1 is 1.42 bits per heavy atom. The molecule has 0 aliphatic heterocycles. The summed E-state index contributed by atoms with van der Waals surface area (Å²) >= 11 is 0. The highest BCUT2D eigenvalue weighted by Crippen LogP contribution is 2.25. The fraction of sp³-hybridized carbons (Fsp3) is 0.500. The largest absolute Gasteiger partial charge is 0.216 e. The van der Waals surface area contributed by atoms with Crippen molar-refractivity contribution in [3.8, 4) is 6.07 Å². The lowest BCUT2D eigenvalue weighted by Gasteiger charge is -2.13. The van der Waals surface area contributed by atoms with Gasteiger partial charge in [-0.3, -0.25) is 0 Å². The van der Waals surface area contributed by atoms with Crippen LogP contribution >= 0.6 is 0 Å². The summed E-state index contributed by atoms with van der Waals surface area (Å²) in [5, 5.41) is 8.80. The molecule has 19 heavy (non-hydrogen) atoms. The molecule has 5 heteroatoms. The van der Waals surface area contributed by atoms with Crippen molar-refractivity contribution in [1.82, 2.24) is 4.72 Å². The first-order valence-electron chi connectivity index (χ1n) is 6.47. The molecule has 1 saturated carbocycles. The number of nitrogens with one attached hydrogen (secondary N) is 1. The van der Waals surface area contributed by atoms with Crippen LogP contribution in [0.3, 0.4) is 0 Å². The quantitative estimate of drug-likeness (QED) is 0.917. The van der Waals surface area contributed by atoms with Gasteiger partial charge in [-0.2, -0.15) is 5.26 Å². The average Bonchev–Trinajstić information content (AvgIpc) is 2.73. The number of nitrogens with zero attached hydrogens (tertiary/aromatic N) is 1. The fourth-order valence-electron chi connectivity index (χ4n) is 2.56. The molecule has 1 aliphatic carbocycles. The van der Waals surface area contributed by atoms with Crippen LogP contribution in [0.5, 0.6) is 0 Å². The predicted molar refractivity (Wildman–Crippen MR) is 73.7 cm³/mol. The summed E-state index contributed by atoms with van der Waals surface area (Å²) < 4.78 is 26.9. The van der Waals surface area contributed by atoms with Gasteiger partial charge in [0.05, 0.1) is 17.4 Å². The first-order valence-corrected chi connectivity index (χ1v) is 8.13. The molecular formula is C14H18N2O2S. The smallest absolute Gasteiger partial charge is 0.212 e. The zero-order valence-electron chi connectivity index (χ0n) is 11.0. The lowest BCUT2D eigenvalue weighted by atomic mass is 10.1. The van der Waals surface area contributed by atoms with Crippen molar-refractivity contribution in [2.24, 2.45) is 5.92 Å². The maximum Gasteiger partial charge on any atom is 0.216 e. The summed E-state index contributed by atoms with van der Waals surface area (Å²) in [6, 6.07) is 8.82. The second-order valence-corrected chi connectivity index (χ2v) is 7.06. The molecule has 1 aromatic rings. The van der Waals surface area contributed by atoms with Crippen molar-refractivity contribution in [2.45, 2.75) is 38.0 Å². The van der Waals surface area contributed by atoms with Crippen molar-refractivity contribution in [3.05, 3.63) is 35.4 Å². The maximum atomic E-state index is 12.1. The number of sulfonamides is 1. The Morgan fingerprint density at radius 3 is 2.84 bits per heavy atom. The van der Waals surface area contributed by atoms with Crippen molar-refractivity contribution < 1.29 is 8.42 Å². The third-order valence-electron chi connectivity index (χ3n) is 3.45. The van der Waals surface area contributed by atoms with E-state index in [0.717, 1.165) is 19.3 Å². The zero-order chi connectivity index (χ0) is 13.9. The molecule has 0 aromatic heterocycles. The monoisotopic (exact) mass is 278 g/mol. The highest BCUT2D eigenvalue weighted by atomic mass is 32.2. The molecule has 0 saturated heterocycles. The lowest BCUT2D eigenvalue weighted by Crippen LogP contribution is -2.33. The van der Waals surface area contributed by atoms with E-state index in [4.69, 9.17) is 5.26 Å².